The van der Waals surface area contributed by atoms with Crippen LogP contribution in [0.1, 0.15) is 23.2 Å². The summed E-state index contributed by atoms with van der Waals surface area (Å²) in [6.07, 6.45) is 2.03. The Labute approximate surface area is 117 Å². The molecule has 1 aromatic carbocycles. The van der Waals surface area contributed by atoms with E-state index in [1.807, 2.05) is 24.3 Å². The van der Waals surface area contributed by atoms with Crippen LogP contribution in [-0.4, -0.2) is 30.1 Å². The van der Waals surface area contributed by atoms with Crippen LogP contribution in [0.25, 0.3) is 10.9 Å². The van der Waals surface area contributed by atoms with Crippen LogP contribution in [0.3, 0.4) is 0 Å². The molecule has 0 aliphatic carbocycles. The van der Waals surface area contributed by atoms with E-state index in [9.17, 15) is 4.79 Å². The largest absolute Gasteiger partial charge is 0.474 e. The number of primary amides is 1. The van der Waals surface area contributed by atoms with Gasteiger partial charge in [-0.25, -0.2) is 4.98 Å². The Morgan fingerprint density at radius 1 is 1.30 bits per heavy atom. The predicted octanol–water partition coefficient (Wildman–Crippen LogP) is 1.46. The van der Waals surface area contributed by atoms with Crippen molar-refractivity contribution < 1.29 is 9.53 Å². The van der Waals surface area contributed by atoms with Crippen molar-refractivity contribution in [1.82, 2.24) is 10.3 Å². The Kier molecular flexibility index (Phi) is 3.52. The summed E-state index contributed by atoms with van der Waals surface area (Å²) in [6, 6.07) is 9.10. The van der Waals surface area contributed by atoms with E-state index >= 15 is 0 Å². The molecule has 104 valence electrons. The molecule has 2 heterocycles. The average molecular weight is 271 g/mol. The fourth-order valence-electron chi connectivity index (χ4n) is 2.50. The second-order valence-electron chi connectivity index (χ2n) is 4.96. The Bertz CT molecular complexity index is 636. The van der Waals surface area contributed by atoms with Crippen molar-refractivity contribution in [2.24, 2.45) is 5.73 Å². The second kappa shape index (κ2) is 5.46. The first-order valence-electron chi connectivity index (χ1n) is 6.81. The Hall–Kier alpha value is -2.14. The summed E-state index contributed by atoms with van der Waals surface area (Å²) in [5.41, 5.74) is 6.64. The standard InChI is InChI=1S/C15H17N3O2/c16-15(19)12-9-14(20-10-5-7-17-8-6-10)18-13-4-2-1-3-11(12)13/h1-4,9-10,17H,5-8H2,(H2,16,19). The zero-order chi connectivity index (χ0) is 13.9. The number of amides is 1. The molecule has 0 saturated carbocycles. The van der Waals surface area contributed by atoms with E-state index in [0.29, 0.717) is 11.4 Å². The lowest BCUT2D eigenvalue weighted by Crippen LogP contribution is -2.34. The fraction of sp³-hybridized carbons (Fsp3) is 0.333. The number of nitrogens with two attached hydrogens (primary N) is 1. The van der Waals surface area contributed by atoms with Crippen LogP contribution in [0.15, 0.2) is 30.3 Å². The molecule has 1 aromatic heterocycles. The predicted molar refractivity (Wildman–Crippen MR) is 76.8 cm³/mol. The van der Waals surface area contributed by atoms with Gasteiger partial charge >= 0.3 is 0 Å². The van der Waals surface area contributed by atoms with Gasteiger partial charge in [-0.05, 0) is 32.0 Å². The molecule has 1 saturated heterocycles. The van der Waals surface area contributed by atoms with Gasteiger partial charge in [0.1, 0.15) is 6.10 Å². The first-order valence-corrected chi connectivity index (χ1v) is 6.81. The van der Waals surface area contributed by atoms with E-state index in [-0.39, 0.29) is 6.10 Å². The maximum Gasteiger partial charge on any atom is 0.249 e. The number of nitrogens with one attached hydrogen (secondary N) is 1. The van der Waals surface area contributed by atoms with Crippen molar-refractivity contribution in [2.45, 2.75) is 18.9 Å². The van der Waals surface area contributed by atoms with Crippen LogP contribution in [-0.2, 0) is 0 Å². The molecule has 3 rings (SSSR count). The van der Waals surface area contributed by atoms with Gasteiger partial charge in [-0.2, -0.15) is 0 Å². The third-order valence-electron chi connectivity index (χ3n) is 3.53. The van der Waals surface area contributed by atoms with Crippen LogP contribution in [0.2, 0.25) is 0 Å². The molecular formula is C15H17N3O2. The number of para-hydroxylation sites is 1. The highest BCUT2D eigenvalue weighted by atomic mass is 16.5. The number of benzene rings is 1. The number of carbonyl (C=O) groups is 1. The second-order valence-corrected chi connectivity index (χ2v) is 4.96. The Morgan fingerprint density at radius 2 is 2.05 bits per heavy atom. The number of hydrogen-bond donors (Lipinski definition) is 2. The first-order chi connectivity index (χ1) is 9.74. The van der Waals surface area contributed by atoms with Gasteiger partial charge in [-0.1, -0.05) is 18.2 Å². The first kappa shape index (κ1) is 12.9. The molecule has 1 aliphatic heterocycles. The molecule has 0 unspecified atom stereocenters. The van der Waals surface area contributed by atoms with E-state index in [1.165, 1.54) is 0 Å². The molecule has 5 heteroatoms. The maximum absolute atomic E-state index is 11.6. The lowest BCUT2D eigenvalue weighted by molar-refractivity contribution is 0.1000. The van der Waals surface area contributed by atoms with E-state index < -0.39 is 5.91 Å². The van der Waals surface area contributed by atoms with Crippen LogP contribution in [0, 0.1) is 0 Å². The molecule has 1 aliphatic rings. The van der Waals surface area contributed by atoms with Gasteiger partial charge in [0.25, 0.3) is 0 Å². The monoisotopic (exact) mass is 271 g/mol. The minimum absolute atomic E-state index is 0.144. The lowest BCUT2D eigenvalue weighted by atomic mass is 10.1. The SMILES string of the molecule is NC(=O)c1cc(OC2CCNCC2)nc2ccccc12. The van der Waals surface area contributed by atoms with Crippen molar-refractivity contribution in [3.63, 3.8) is 0 Å². The van der Waals surface area contributed by atoms with Gasteiger partial charge in [0, 0.05) is 11.5 Å². The molecule has 0 spiro atoms. The summed E-state index contributed by atoms with van der Waals surface area (Å²) in [7, 11) is 0. The Morgan fingerprint density at radius 3 is 2.80 bits per heavy atom. The van der Waals surface area contributed by atoms with Crippen molar-refractivity contribution >= 4 is 16.8 Å². The zero-order valence-electron chi connectivity index (χ0n) is 11.1. The molecule has 0 radical (unpaired) electrons. The number of aromatic nitrogens is 1. The minimum Gasteiger partial charge on any atom is -0.474 e. The average Bonchev–Trinajstić information content (AvgIpc) is 2.47. The summed E-state index contributed by atoms with van der Waals surface area (Å²) in [6.45, 7) is 1.89. The van der Waals surface area contributed by atoms with Crippen molar-refractivity contribution in [3.8, 4) is 5.88 Å². The van der Waals surface area contributed by atoms with Gasteiger partial charge in [-0.15, -0.1) is 0 Å². The van der Waals surface area contributed by atoms with Gasteiger partial charge in [0.15, 0.2) is 0 Å². The van der Waals surface area contributed by atoms with Crippen LogP contribution < -0.4 is 15.8 Å². The topological polar surface area (TPSA) is 77.2 Å². The number of carbonyl (C=O) groups excluding carboxylic acids is 1. The van der Waals surface area contributed by atoms with Crippen molar-refractivity contribution in [1.29, 1.82) is 0 Å². The van der Waals surface area contributed by atoms with Gasteiger partial charge in [0.05, 0.1) is 11.1 Å². The Balaban J connectivity index is 1.96. The van der Waals surface area contributed by atoms with Crippen LogP contribution in [0.5, 0.6) is 5.88 Å². The quantitative estimate of drug-likeness (QED) is 0.886. The normalized spacial score (nSPS) is 16.2. The number of nitrogens with zero attached hydrogens (tertiary/aromatic N) is 1. The fourth-order valence-corrected chi connectivity index (χ4v) is 2.50. The van der Waals surface area contributed by atoms with E-state index in [2.05, 4.69) is 10.3 Å². The highest BCUT2D eigenvalue weighted by Gasteiger charge is 2.17. The molecule has 0 bridgehead atoms. The summed E-state index contributed by atoms with van der Waals surface area (Å²) in [4.78, 5) is 16.1. The molecule has 1 amide bonds. The number of piperidine rings is 1. The molecule has 2 aromatic rings. The number of rotatable bonds is 3. The highest BCUT2D eigenvalue weighted by molar-refractivity contribution is 6.05. The number of hydrogen-bond acceptors (Lipinski definition) is 4. The van der Waals surface area contributed by atoms with Crippen molar-refractivity contribution in [2.75, 3.05) is 13.1 Å². The van der Waals surface area contributed by atoms with E-state index in [0.717, 1.165) is 36.8 Å². The molecule has 5 nitrogen and oxygen atoms in total. The summed E-state index contributed by atoms with van der Waals surface area (Å²) < 4.78 is 5.90. The van der Waals surface area contributed by atoms with E-state index in [4.69, 9.17) is 10.5 Å². The maximum atomic E-state index is 11.6. The smallest absolute Gasteiger partial charge is 0.249 e. The third-order valence-corrected chi connectivity index (χ3v) is 3.53. The third kappa shape index (κ3) is 2.58. The van der Waals surface area contributed by atoms with Crippen molar-refractivity contribution in [3.05, 3.63) is 35.9 Å². The number of ether oxygens (including phenoxy) is 1. The number of pyridine rings is 1. The molecule has 3 N–H and O–H groups in total. The van der Waals surface area contributed by atoms with Gasteiger partial charge in [-0.3, -0.25) is 4.79 Å². The molecule has 1 fully saturated rings. The molecule has 20 heavy (non-hydrogen) atoms. The minimum atomic E-state index is -0.459. The summed E-state index contributed by atoms with van der Waals surface area (Å²) in [5, 5.41) is 4.05. The highest BCUT2D eigenvalue weighted by Crippen LogP contribution is 2.23. The zero-order valence-corrected chi connectivity index (χ0v) is 11.1. The van der Waals surface area contributed by atoms with E-state index in [1.54, 1.807) is 6.07 Å². The summed E-state index contributed by atoms with van der Waals surface area (Å²) >= 11 is 0. The number of fused-ring (bicyclic) bond motifs is 1. The molecule has 0 atom stereocenters. The van der Waals surface area contributed by atoms with Gasteiger partial charge in [0.2, 0.25) is 11.8 Å². The lowest BCUT2D eigenvalue weighted by Gasteiger charge is -2.23. The van der Waals surface area contributed by atoms with Gasteiger partial charge < -0.3 is 15.8 Å². The summed E-state index contributed by atoms with van der Waals surface area (Å²) in [5.74, 6) is 0.0168. The van der Waals surface area contributed by atoms with Crippen LogP contribution in [0.4, 0.5) is 0 Å². The molecular weight excluding hydrogens is 254 g/mol. The van der Waals surface area contributed by atoms with Crippen LogP contribution >= 0.6 is 0 Å².